The summed E-state index contributed by atoms with van der Waals surface area (Å²) in [4.78, 5) is 19.8. The fourth-order valence-corrected chi connectivity index (χ4v) is 5.58. The van der Waals surface area contributed by atoms with Gasteiger partial charge in [0.1, 0.15) is 5.82 Å². The second-order valence-corrected chi connectivity index (χ2v) is 9.16. The van der Waals surface area contributed by atoms with E-state index in [9.17, 15) is 9.18 Å². The lowest BCUT2D eigenvalue weighted by Crippen LogP contribution is -2.52. The van der Waals surface area contributed by atoms with E-state index in [-0.39, 0.29) is 23.9 Å². The Kier molecular flexibility index (Phi) is 4.93. The van der Waals surface area contributed by atoms with Gasteiger partial charge < -0.3 is 14.4 Å². The Labute approximate surface area is 187 Å². The molecule has 3 fully saturated rings. The normalized spacial score (nSPS) is 27.1. The van der Waals surface area contributed by atoms with Gasteiger partial charge in [-0.05, 0) is 31.0 Å². The molecule has 1 saturated carbocycles. The van der Waals surface area contributed by atoms with Gasteiger partial charge in [-0.25, -0.2) is 4.39 Å². The summed E-state index contributed by atoms with van der Waals surface area (Å²) in [6.45, 7) is 3.41. The number of carbonyl (C=O) groups is 1. The third kappa shape index (κ3) is 3.14. The van der Waals surface area contributed by atoms with Crippen molar-refractivity contribution in [2.24, 2.45) is 0 Å². The van der Waals surface area contributed by atoms with Crippen molar-refractivity contribution in [3.8, 4) is 0 Å². The maximum atomic E-state index is 14.2. The first kappa shape index (κ1) is 20.1. The molecule has 4 aliphatic rings. The Hall–Kier alpha value is -2.48. The molecular weight excluding hydrogens is 409 g/mol. The van der Waals surface area contributed by atoms with Gasteiger partial charge in [0.15, 0.2) is 0 Å². The number of anilines is 2. The lowest BCUT2D eigenvalue weighted by Gasteiger charge is -2.38. The fourth-order valence-electron chi connectivity index (χ4n) is 5.58. The second-order valence-electron chi connectivity index (χ2n) is 9.16. The minimum Gasteiger partial charge on any atom is -0.367 e. The predicted octanol–water partition coefficient (Wildman–Crippen LogP) is 3.46. The minimum atomic E-state index is -1.30. The van der Waals surface area contributed by atoms with Crippen LogP contribution in [0.2, 0.25) is 0 Å². The number of ether oxygens (including phenoxy) is 2. The van der Waals surface area contributed by atoms with E-state index < -0.39 is 5.79 Å². The largest absolute Gasteiger partial charge is 0.367 e. The minimum absolute atomic E-state index is 0.00924. The second kappa shape index (κ2) is 7.83. The molecule has 6 nitrogen and oxygen atoms in total. The molecule has 2 atom stereocenters. The number of halogens is 1. The highest BCUT2D eigenvalue weighted by Crippen LogP contribution is 2.51. The van der Waals surface area contributed by atoms with E-state index in [1.807, 2.05) is 41.3 Å². The number of rotatable bonds is 3. The zero-order valence-corrected chi connectivity index (χ0v) is 18.1. The molecule has 1 spiro atoms. The van der Waals surface area contributed by atoms with Crippen molar-refractivity contribution in [3.05, 3.63) is 59.9 Å². The molecule has 2 saturated heterocycles. The number of fused-ring (bicyclic) bond motifs is 3. The molecule has 168 valence electrons. The van der Waals surface area contributed by atoms with Gasteiger partial charge in [-0.15, -0.1) is 0 Å². The summed E-state index contributed by atoms with van der Waals surface area (Å²) in [7, 11) is 0. The van der Waals surface area contributed by atoms with E-state index in [0.29, 0.717) is 25.4 Å². The number of hydrogen-bond donors (Lipinski definition) is 0. The summed E-state index contributed by atoms with van der Waals surface area (Å²) < 4.78 is 26.9. The Morgan fingerprint density at radius 1 is 0.875 bits per heavy atom. The molecule has 0 aromatic heterocycles. The van der Waals surface area contributed by atoms with E-state index in [1.165, 1.54) is 6.07 Å². The van der Waals surface area contributed by atoms with Gasteiger partial charge in [-0.2, -0.15) is 0 Å². The average molecular weight is 438 g/mol. The first-order valence-electron chi connectivity index (χ1n) is 11.6. The molecule has 6 rings (SSSR count). The van der Waals surface area contributed by atoms with Crippen LogP contribution in [-0.2, 0) is 20.1 Å². The van der Waals surface area contributed by atoms with Crippen molar-refractivity contribution in [1.29, 1.82) is 0 Å². The van der Waals surface area contributed by atoms with Crippen LogP contribution in [0, 0.1) is 5.82 Å². The van der Waals surface area contributed by atoms with Crippen LogP contribution in [0.15, 0.2) is 48.5 Å². The highest BCUT2D eigenvalue weighted by atomic mass is 19.1. The zero-order chi connectivity index (χ0) is 21.7. The van der Waals surface area contributed by atoms with Crippen molar-refractivity contribution >= 4 is 17.3 Å². The number of nitrogens with zero attached hydrogens (tertiary/aromatic N) is 3. The zero-order valence-electron chi connectivity index (χ0n) is 18.1. The molecule has 2 aromatic carbocycles. The molecule has 1 aliphatic carbocycles. The number of benzene rings is 2. The summed E-state index contributed by atoms with van der Waals surface area (Å²) in [6.07, 6.45) is 4.11. The quantitative estimate of drug-likeness (QED) is 0.736. The number of carbonyl (C=O) groups excluding carboxylic acids is 1. The van der Waals surface area contributed by atoms with Crippen LogP contribution >= 0.6 is 0 Å². The smallest absolute Gasteiger partial charge is 0.293 e. The molecule has 3 aliphatic heterocycles. The van der Waals surface area contributed by atoms with Crippen LogP contribution in [0.1, 0.15) is 31.2 Å². The molecule has 32 heavy (non-hydrogen) atoms. The standard InChI is InChI=1S/C25H28FN3O3/c26-19-8-2-4-10-21(19)28-15-13-27(14-16-28)17-29-20-9-3-1-7-18(20)25(24(29)30)31-22-11-5-6-12-23(22)32-25/h1-4,7-10,22-23H,5-6,11-17H2/t22-,23-/m0/s1. The third-order valence-electron chi connectivity index (χ3n) is 7.26. The van der Waals surface area contributed by atoms with Gasteiger partial charge in [0.25, 0.3) is 11.7 Å². The summed E-state index contributed by atoms with van der Waals surface area (Å²) >= 11 is 0. The third-order valence-corrected chi connectivity index (χ3v) is 7.26. The van der Waals surface area contributed by atoms with Crippen molar-refractivity contribution in [1.82, 2.24) is 4.90 Å². The fraction of sp³-hybridized carbons (Fsp3) is 0.480. The Bertz CT molecular complexity index is 1010. The maximum Gasteiger partial charge on any atom is 0.293 e. The lowest BCUT2D eigenvalue weighted by molar-refractivity contribution is -0.190. The lowest BCUT2D eigenvalue weighted by atomic mass is 9.95. The van der Waals surface area contributed by atoms with E-state index >= 15 is 0 Å². The number of para-hydroxylation sites is 2. The topological polar surface area (TPSA) is 45.3 Å². The molecule has 0 radical (unpaired) electrons. The van der Waals surface area contributed by atoms with E-state index in [4.69, 9.17) is 9.47 Å². The van der Waals surface area contributed by atoms with Crippen molar-refractivity contribution in [3.63, 3.8) is 0 Å². The van der Waals surface area contributed by atoms with Gasteiger partial charge in [0, 0.05) is 31.7 Å². The Morgan fingerprint density at radius 3 is 2.19 bits per heavy atom. The average Bonchev–Trinajstić information content (AvgIpc) is 3.32. The summed E-state index contributed by atoms with van der Waals surface area (Å²) in [5.41, 5.74) is 2.33. The first-order valence-corrected chi connectivity index (χ1v) is 11.6. The molecule has 2 aromatic rings. The van der Waals surface area contributed by atoms with Crippen molar-refractivity contribution in [2.45, 2.75) is 43.7 Å². The van der Waals surface area contributed by atoms with E-state index in [0.717, 1.165) is 50.0 Å². The van der Waals surface area contributed by atoms with Crippen LogP contribution in [0.4, 0.5) is 15.8 Å². The van der Waals surface area contributed by atoms with Gasteiger partial charge in [-0.3, -0.25) is 14.6 Å². The van der Waals surface area contributed by atoms with E-state index in [2.05, 4.69) is 9.80 Å². The van der Waals surface area contributed by atoms with Gasteiger partial charge >= 0.3 is 0 Å². The van der Waals surface area contributed by atoms with Crippen molar-refractivity contribution < 1.29 is 18.7 Å². The predicted molar refractivity (Wildman–Crippen MR) is 119 cm³/mol. The molecule has 1 amide bonds. The van der Waals surface area contributed by atoms with Gasteiger partial charge in [-0.1, -0.05) is 43.2 Å². The maximum absolute atomic E-state index is 14.2. The number of piperazine rings is 1. The van der Waals surface area contributed by atoms with Crippen LogP contribution in [0.25, 0.3) is 0 Å². The van der Waals surface area contributed by atoms with Crippen LogP contribution in [0.3, 0.4) is 0 Å². The molecule has 3 heterocycles. The highest BCUT2D eigenvalue weighted by Gasteiger charge is 2.61. The van der Waals surface area contributed by atoms with E-state index in [1.54, 1.807) is 6.07 Å². The van der Waals surface area contributed by atoms with Crippen LogP contribution in [-0.4, -0.2) is 55.9 Å². The monoisotopic (exact) mass is 437 g/mol. The SMILES string of the molecule is O=C1N(CN2CCN(c3ccccc3F)CC2)c2ccccc2C12O[C@H]1CCCC[C@@H]1O2. The van der Waals surface area contributed by atoms with Crippen LogP contribution < -0.4 is 9.80 Å². The highest BCUT2D eigenvalue weighted by molar-refractivity contribution is 6.06. The number of amides is 1. The first-order chi connectivity index (χ1) is 15.7. The Balaban J connectivity index is 1.20. The summed E-state index contributed by atoms with van der Waals surface area (Å²) in [5.74, 6) is -1.61. The van der Waals surface area contributed by atoms with Crippen LogP contribution in [0.5, 0.6) is 0 Å². The molecule has 0 bridgehead atoms. The van der Waals surface area contributed by atoms with Gasteiger partial charge in [0.2, 0.25) is 0 Å². The molecule has 7 heteroatoms. The van der Waals surface area contributed by atoms with Crippen molar-refractivity contribution in [2.75, 3.05) is 42.6 Å². The molecule has 0 N–H and O–H groups in total. The summed E-state index contributed by atoms with van der Waals surface area (Å²) in [5, 5.41) is 0. The molecular formula is C25H28FN3O3. The Morgan fingerprint density at radius 2 is 1.50 bits per heavy atom. The number of hydrogen-bond acceptors (Lipinski definition) is 5. The molecule has 0 unspecified atom stereocenters. The van der Waals surface area contributed by atoms with Gasteiger partial charge in [0.05, 0.1) is 30.3 Å². The summed E-state index contributed by atoms with van der Waals surface area (Å²) in [6, 6.07) is 14.7.